The lowest BCUT2D eigenvalue weighted by Gasteiger charge is -2.15. The number of aromatic nitrogens is 2. The molecule has 5 nitrogen and oxygen atoms in total. The summed E-state index contributed by atoms with van der Waals surface area (Å²) < 4.78 is 2.39. The van der Waals surface area contributed by atoms with Crippen molar-refractivity contribution in [3.05, 3.63) is 63.4 Å². The smallest absolute Gasteiger partial charge is 0.266 e. The van der Waals surface area contributed by atoms with Crippen LogP contribution in [-0.4, -0.2) is 27.3 Å². The van der Waals surface area contributed by atoms with Gasteiger partial charge in [0.2, 0.25) is 5.91 Å². The van der Waals surface area contributed by atoms with E-state index in [4.69, 9.17) is 0 Å². The lowest BCUT2D eigenvalue weighted by atomic mass is 10.2. The van der Waals surface area contributed by atoms with Gasteiger partial charge in [-0.3, -0.25) is 14.2 Å². The number of carbonyl (C=O) groups excluding carboxylic acids is 1. The number of amides is 1. The van der Waals surface area contributed by atoms with Gasteiger partial charge < -0.3 is 5.32 Å². The zero-order valence-electron chi connectivity index (χ0n) is 15.8. The fraction of sp³-hybridized carbons (Fsp3) is 0.286. The maximum Gasteiger partial charge on any atom is 0.266 e. The minimum absolute atomic E-state index is 0.0595. The number of hydrogen-bond donors (Lipinski definition) is 1. The molecule has 2 aromatic carbocycles. The Morgan fingerprint density at radius 1 is 1.25 bits per heavy atom. The highest BCUT2D eigenvalue weighted by Crippen LogP contribution is 2.23. The van der Waals surface area contributed by atoms with Crippen molar-refractivity contribution in [2.75, 3.05) is 5.75 Å². The first-order valence-electron chi connectivity index (χ1n) is 9.19. The Balaban J connectivity index is 1.97. The van der Waals surface area contributed by atoms with E-state index < -0.39 is 0 Å². The van der Waals surface area contributed by atoms with Crippen LogP contribution in [0.4, 0.5) is 0 Å². The van der Waals surface area contributed by atoms with Gasteiger partial charge in [-0.15, -0.1) is 0 Å². The lowest BCUT2D eigenvalue weighted by molar-refractivity contribution is -0.119. The Morgan fingerprint density at radius 2 is 2.00 bits per heavy atom. The number of halogens is 1. The summed E-state index contributed by atoms with van der Waals surface area (Å²) >= 11 is 4.69. The van der Waals surface area contributed by atoms with E-state index in [0.717, 1.165) is 23.0 Å². The molecule has 0 bridgehead atoms. The second-order valence-electron chi connectivity index (χ2n) is 6.58. The molecule has 0 spiro atoms. The Labute approximate surface area is 176 Å². The molecule has 146 valence electrons. The highest BCUT2D eigenvalue weighted by molar-refractivity contribution is 9.10. The highest BCUT2D eigenvalue weighted by atomic mass is 79.9. The van der Waals surface area contributed by atoms with Crippen molar-refractivity contribution in [2.45, 2.75) is 37.9 Å². The molecular weight excluding hydrogens is 438 g/mol. The molecule has 7 heteroatoms. The Kier molecular flexibility index (Phi) is 6.91. The second-order valence-corrected chi connectivity index (χ2v) is 8.44. The van der Waals surface area contributed by atoms with Crippen LogP contribution in [0.1, 0.15) is 26.7 Å². The minimum atomic E-state index is -0.153. The molecule has 28 heavy (non-hydrogen) atoms. The molecule has 1 heterocycles. The first-order chi connectivity index (χ1) is 13.5. The molecule has 0 saturated heterocycles. The quantitative estimate of drug-likeness (QED) is 0.415. The summed E-state index contributed by atoms with van der Waals surface area (Å²) in [5, 5.41) is 4.02. The van der Waals surface area contributed by atoms with E-state index in [1.807, 2.05) is 49.4 Å². The van der Waals surface area contributed by atoms with E-state index in [2.05, 4.69) is 33.2 Å². The van der Waals surface area contributed by atoms with E-state index in [1.165, 1.54) is 11.8 Å². The number of carbonyl (C=O) groups is 1. The number of nitrogens with zero attached hydrogens (tertiary/aromatic N) is 2. The molecule has 1 unspecified atom stereocenters. The van der Waals surface area contributed by atoms with Crippen LogP contribution >= 0.6 is 27.7 Å². The molecule has 0 aliphatic carbocycles. The van der Waals surface area contributed by atoms with Crippen LogP contribution in [0, 0.1) is 0 Å². The van der Waals surface area contributed by atoms with Gasteiger partial charge in [0.1, 0.15) is 0 Å². The average molecular weight is 460 g/mol. The van der Waals surface area contributed by atoms with E-state index in [-0.39, 0.29) is 23.3 Å². The van der Waals surface area contributed by atoms with E-state index in [1.54, 1.807) is 10.6 Å². The van der Waals surface area contributed by atoms with Crippen molar-refractivity contribution in [1.82, 2.24) is 14.9 Å². The van der Waals surface area contributed by atoms with Gasteiger partial charge in [-0.1, -0.05) is 59.2 Å². The number of benzene rings is 2. The van der Waals surface area contributed by atoms with Gasteiger partial charge in [-0.2, -0.15) is 0 Å². The van der Waals surface area contributed by atoms with Crippen molar-refractivity contribution in [2.24, 2.45) is 0 Å². The predicted octanol–water partition coefficient (Wildman–Crippen LogP) is 4.55. The minimum Gasteiger partial charge on any atom is -0.353 e. The van der Waals surface area contributed by atoms with Crippen molar-refractivity contribution in [3.8, 4) is 5.69 Å². The Bertz CT molecular complexity index is 1040. The first kappa shape index (κ1) is 20.6. The lowest BCUT2D eigenvalue weighted by Crippen LogP contribution is -2.34. The van der Waals surface area contributed by atoms with Crippen molar-refractivity contribution in [1.29, 1.82) is 0 Å². The molecule has 1 aromatic heterocycles. The van der Waals surface area contributed by atoms with Crippen LogP contribution in [0.2, 0.25) is 0 Å². The molecule has 1 N–H and O–H groups in total. The van der Waals surface area contributed by atoms with Crippen molar-refractivity contribution >= 4 is 44.5 Å². The summed E-state index contributed by atoms with van der Waals surface area (Å²) in [4.78, 5) is 30.2. The zero-order chi connectivity index (χ0) is 20.1. The van der Waals surface area contributed by atoms with Gasteiger partial charge in [0.05, 0.1) is 22.3 Å². The van der Waals surface area contributed by atoms with Gasteiger partial charge in [0.25, 0.3) is 5.56 Å². The number of fused-ring (bicyclic) bond motifs is 1. The Morgan fingerprint density at radius 3 is 2.71 bits per heavy atom. The van der Waals surface area contributed by atoms with Crippen LogP contribution in [-0.2, 0) is 4.79 Å². The van der Waals surface area contributed by atoms with Crippen molar-refractivity contribution < 1.29 is 4.79 Å². The monoisotopic (exact) mass is 459 g/mol. The van der Waals surface area contributed by atoms with E-state index >= 15 is 0 Å². The predicted molar refractivity (Wildman–Crippen MR) is 118 cm³/mol. The normalized spacial score (nSPS) is 12.1. The largest absolute Gasteiger partial charge is 0.353 e. The maximum atomic E-state index is 13.2. The van der Waals surface area contributed by atoms with E-state index in [0.29, 0.717) is 16.1 Å². The van der Waals surface area contributed by atoms with Gasteiger partial charge in [0.15, 0.2) is 5.16 Å². The third-order valence-corrected chi connectivity index (χ3v) is 5.71. The molecule has 0 radical (unpaired) electrons. The third-order valence-electron chi connectivity index (χ3n) is 4.28. The standard InChI is InChI=1S/C21H22BrN3O2S/c1-3-7-14(2)23-19(26)13-28-21-24-18-11-10-15(22)12-17(18)20(27)25(21)16-8-5-4-6-9-16/h4-6,8-12,14H,3,7,13H2,1-2H3,(H,23,26). The Hall–Kier alpha value is -2.12. The fourth-order valence-corrected chi connectivity index (χ4v) is 4.18. The van der Waals surface area contributed by atoms with Gasteiger partial charge >= 0.3 is 0 Å². The molecule has 3 rings (SSSR count). The van der Waals surface area contributed by atoms with Gasteiger partial charge in [0, 0.05) is 10.5 Å². The van der Waals surface area contributed by atoms with Gasteiger partial charge in [-0.25, -0.2) is 4.98 Å². The van der Waals surface area contributed by atoms with E-state index in [9.17, 15) is 9.59 Å². The average Bonchev–Trinajstić information content (AvgIpc) is 2.68. The molecule has 0 aliphatic rings. The van der Waals surface area contributed by atoms with Crippen LogP contribution in [0.25, 0.3) is 16.6 Å². The third kappa shape index (κ3) is 4.83. The summed E-state index contributed by atoms with van der Waals surface area (Å²) in [6.45, 7) is 4.09. The van der Waals surface area contributed by atoms with Crippen molar-refractivity contribution in [3.63, 3.8) is 0 Å². The summed E-state index contributed by atoms with van der Waals surface area (Å²) in [6, 6.07) is 14.9. The molecular formula is C21H22BrN3O2S. The topological polar surface area (TPSA) is 64.0 Å². The molecule has 3 aromatic rings. The number of nitrogens with one attached hydrogen (secondary N) is 1. The SMILES string of the molecule is CCCC(C)NC(=O)CSc1nc2ccc(Br)cc2c(=O)n1-c1ccccc1. The van der Waals surface area contributed by atoms with Crippen LogP contribution in [0.5, 0.6) is 0 Å². The van der Waals surface area contributed by atoms with Crippen LogP contribution in [0.15, 0.2) is 63.0 Å². The molecule has 0 aliphatic heterocycles. The first-order valence-corrected chi connectivity index (χ1v) is 11.0. The van der Waals surface area contributed by atoms with Gasteiger partial charge in [-0.05, 0) is 43.7 Å². The second kappa shape index (κ2) is 9.39. The number of hydrogen-bond acceptors (Lipinski definition) is 4. The number of rotatable bonds is 7. The zero-order valence-corrected chi connectivity index (χ0v) is 18.2. The summed E-state index contributed by atoms with van der Waals surface area (Å²) in [7, 11) is 0. The summed E-state index contributed by atoms with van der Waals surface area (Å²) in [5.41, 5.74) is 1.19. The summed E-state index contributed by atoms with van der Waals surface area (Å²) in [5.74, 6) is 0.144. The maximum absolute atomic E-state index is 13.2. The fourth-order valence-electron chi connectivity index (χ4n) is 2.99. The van der Waals surface area contributed by atoms with Crippen LogP contribution in [0.3, 0.4) is 0 Å². The molecule has 1 atom stereocenters. The molecule has 1 amide bonds. The highest BCUT2D eigenvalue weighted by Gasteiger charge is 2.15. The molecule has 0 saturated carbocycles. The number of para-hydroxylation sites is 1. The molecule has 0 fully saturated rings. The summed E-state index contributed by atoms with van der Waals surface area (Å²) in [6.07, 6.45) is 1.96. The number of thioether (sulfide) groups is 1. The van der Waals surface area contributed by atoms with Crippen LogP contribution < -0.4 is 10.9 Å².